The molecule has 0 atom stereocenters. The Labute approximate surface area is 128 Å². The lowest BCUT2D eigenvalue weighted by Crippen LogP contribution is -2.12. The number of rotatable bonds is 8. The molecule has 0 bridgehead atoms. The predicted molar refractivity (Wildman–Crippen MR) is 86.0 cm³/mol. The number of hydrogen-bond donors (Lipinski definition) is 1. The van der Waals surface area contributed by atoms with Gasteiger partial charge in [0, 0.05) is 0 Å². The number of benzene rings is 1. The summed E-state index contributed by atoms with van der Waals surface area (Å²) in [6.07, 6.45) is 5.35. The average molecular weight is 292 g/mol. The van der Waals surface area contributed by atoms with Crippen molar-refractivity contribution in [2.45, 2.75) is 66.2 Å². The van der Waals surface area contributed by atoms with Crippen LogP contribution in [0.5, 0.6) is 5.75 Å². The molecule has 1 aromatic carbocycles. The van der Waals surface area contributed by atoms with Crippen molar-refractivity contribution in [3.8, 4) is 5.75 Å². The van der Waals surface area contributed by atoms with Crippen molar-refractivity contribution in [2.24, 2.45) is 0 Å². The quantitative estimate of drug-likeness (QED) is 0.564. The Hall–Kier alpha value is -1.51. The summed E-state index contributed by atoms with van der Waals surface area (Å²) in [7, 11) is 0. The van der Waals surface area contributed by atoms with E-state index < -0.39 is 0 Å². The van der Waals surface area contributed by atoms with Crippen LogP contribution >= 0.6 is 0 Å². The van der Waals surface area contributed by atoms with Crippen LogP contribution in [0.4, 0.5) is 0 Å². The van der Waals surface area contributed by atoms with E-state index >= 15 is 0 Å². The molecule has 1 N–H and O–H groups in total. The highest BCUT2D eigenvalue weighted by Crippen LogP contribution is 2.31. The first-order valence-corrected chi connectivity index (χ1v) is 8.08. The molecule has 118 valence electrons. The zero-order chi connectivity index (χ0) is 15.8. The van der Waals surface area contributed by atoms with Crippen molar-refractivity contribution in [3.05, 3.63) is 28.3 Å². The molecule has 0 unspecified atom stereocenters. The molecule has 0 amide bonds. The molecule has 1 aromatic rings. The molecule has 0 spiro atoms. The summed E-state index contributed by atoms with van der Waals surface area (Å²) in [6.45, 7) is 8.53. The number of carbonyl (C=O) groups is 1. The van der Waals surface area contributed by atoms with Crippen LogP contribution in [0.1, 0.15) is 73.5 Å². The number of esters is 1. The summed E-state index contributed by atoms with van der Waals surface area (Å²) in [6, 6.07) is 1.77. The molecule has 0 fully saturated rings. The van der Waals surface area contributed by atoms with Gasteiger partial charge in [0.25, 0.3) is 0 Å². The monoisotopic (exact) mass is 292 g/mol. The maximum atomic E-state index is 12.3. The molecule has 3 nitrogen and oxygen atoms in total. The number of aromatic hydroxyl groups is 1. The minimum atomic E-state index is -0.257. The maximum Gasteiger partial charge on any atom is 0.338 e. The van der Waals surface area contributed by atoms with E-state index in [-0.39, 0.29) is 5.97 Å². The van der Waals surface area contributed by atoms with Crippen molar-refractivity contribution in [3.63, 3.8) is 0 Å². The lowest BCUT2D eigenvalue weighted by atomic mass is 9.91. The van der Waals surface area contributed by atoms with E-state index in [2.05, 4.69) is 20.8 Å². The Morgan fingerprint density at radius 3 is 2.29 bits per heavy atom. The Bertz CT molecular complexity index is 478. The number of phenols is 1. The van der Waals surface area contributed by atoms with Crippen molar-refractivity contribution < 1.29 is 14.6 Å². The lowest BCUT2D eigenvalue weighted by molar-refractivity contribution is 0.0498. The molecule has 0 aromatic heterocycles. The van der Waals surface area contributed by atoms with Crippen molar-refractivity contribution >= 4 is 5.97 Å². The first kappa shape index (κ1) is 17.5. The van der Waals surface area contributed by atoms with Crippen LogP contribution in [0.25, 0.3) is 0 Å². The smallest absolute Gasteiger partial charge is 0.338 e. The maximum absolute atomic E-state index is 12.3. The second-order valence-corrected chi connectivity index (χ2v) is 5.54. The Morgan fingerprint density at radius 2 is 1.71 bits per heavy atom. The normalized spacial score (nSPS) is 10.7. The van der Waals surface area contributed by atoms with Gasteiger partial charge < -0.3 is 9.84 Å². The van der Waals surface area contributed by atoms with Gasteiger partial charge in [0.05, 0.1) is 12.2 Å². The number of ether oxygens (including phenoxy) is 1. The molecule has 0 heterocycles. The fourth-order valence-electron chi connectivity index (χ4n) is 2.54. The average Bonchev–Trinajstić information content (AvgIpc) is 2.46. The molecule has 0 saturated carbocycles. The predicted octanol–water partition coefficient (Wildman–Crippen LogP) is 4.56. The first-order valence-electron chi connectivity index (χ1n) is 8.08. The van der Waals surface area contributed by atoms with Gasteiger partial charge >= 0.3 is 5.97 Å². The summed E-state index contributed by atoms with van der Waals surface area (Å²) < 4.78 is 5.36. The summed E-state index contributed by atoms with van der Waals surface area (Å²) in [5.41, 5.74) is 3.26. The van der Waals surface area contributed by atoms with Gasteiger partial charge in [-0.1, -0.05) is 40.0 Å². The van der Waals surface area contributed by atoms with Crippen LogP contribution in [-0.2, 0) is 17.6 Å². The van der Waals surface area contributed by atoms with Crippen molar-refractivity contribution in [1.82, 2.24) is 0 Å². The molecular formula is C18H28O3. The fourth-order valence-corrected chi connectivity index (χ4v) is 2.54. The minimum absolute atomic E-state index is 0.257. The second-order valence-electron chi connectivity index (χ2n) is 5.54. The van der Waals surface area contributed by atoms with Gasteiger partial charge in [-0.3, -0.25) is 0 Å². The third-order valence-corrected chi connectivity index (χ3v) is 3.66. The fraction of sp³-hybridized carbons (Fsp3) is 0.611. The van der Waals surface area contributed by atoms with Gasteiger partial charge in [0.2, 0.25) is 0 Å². The second kappa shape index (κ2) is 8.71. The van der Waals surface area contributed by atoms with E-state index in [0.717, 1.165) is 55.2 Å². The lowest BCUT2D eigenvalue weighted by Gasteiger charge is -2.17. The number of unbranched alkanes of at least 4 members (excludes halogenated alkanes) is 1. The van der Waals surface area contributed by atoms with Crippen molar-refractivity contribution in [2.75, 3.05) is 6.61 Å². The molecule has 0 saturated heterocycles. The summed E-state index contributed by atoms with van der Waals surface area (Å²) >= 11 is 0. The van der Waals surface area contributed by atoms with Gasteiger partial charge in [-0.25, -0.2) is 4.79 Å². The Morgan fingerprint density at radius 1 is 1.10 bits per heavy atom. The highest BCUT2D eigenvalue weighted by atomic mass is 16.5. The van der Waals surface area contributed by atoms with Gasteiger partial charge in [0.15, 0.2) is 0 Å². The highest BCUT2D eigenvalue weighted by molar-refractivity contribution is 5.92. The van der Waals surface area contributed by atoms with Gasteiger partial charge in [-0.15, -0.1) is 0 Å². The third kappa shape index (κ3) is 4.48. The molecule has 1 rings (SSSR count). The van der Waals surface area contributed by atoms with Crippen LogP contribution in [0.3, 0.4) is 0 Å². The largest absolute Gasteiger partial charge is 0.507 e. The number of carbonyl (C=O) groups excluding carboxylic acids is 1. The molecule has 0 aliphatic carbocycles. The van der Waals surface area contributed by atoms with E-state index in [4.69, 9.17) is 4.74 Å². The molecule has 0 radical (unpaired) electrons. The van der Waals surface area contributed by atoms with Crippen LogP contribution < -0.4 is 0 Å². The van der Waals surface area contributed by atoms with E-state index in [1.165, 1.54) is 0 Å². The number of hydrogen-bond acceptors (Lipinski definition) is 3. The van der Waals surface area contributed by atoms with Gasteiger partial charge in [-0.2, -0.15) is 0 Å². The molecule has 0 aliphatic rings. The van der Waals surface area contributed by atoms with E-state index in [1.54, 1.807) is 6.07 Å². The van der Waals surface area contributed by atoms with Crippen LogP contribution in [0.15, 0.2) is 6.07 Å². The number of aryl methyl sites for hydroxylation is 1. The van der Waals surface area contributed by atoms with Crippen LogP contribution in [0, 0.1) is 6.92 Å². The molecule has 3 heteroatoms. The Kier molecular flexibility index (Phi) is 7.27. The first-order chi connectivity index (χ1) is 10.1. The summed E-state index contributed by atoms with van der Waals surface area (Å²) in [5.74, 6) is 0.0813. The van der Waals surface area contributed by atoms with E-state index in [0.29, 0.717) is 17.9 Å². The molecular weight excluding hydrogens is 264 g/mol. The van der Waals surface area contributed by atoms with Crippen molar-refractivity contribution in [1.29, 1.82) is 0 Å². The van der Waals surface area contributed by atoms with E-state index in [1.807, 2.05) is 6.92 Å². The van der Waals surface area contributed by atoms with Gasteiger partial charge in [-0.05, 0) is 48.9 Å². The topological polar surface area (TPSA) is 46.5 Å². The van der Waals surface area contributed by atoms with Crippen LogP contribution in [-0.4, -0.2) is 17.7 Å². The van der Waals surface area contributed by atoms with Crippen LogP contribution in [0.2, 0.25) is 0 Å². The number of phenolic OH excluding ortho intramolecular Hbond substituents is 1. The minimum Gasteiger partial charge on any atom is -0.507 e. The highest BCUT2D eigenvalue weighted by Gasteiger charge is 2.20. The summed E-state index contributed by atoms with van der Waals surface area (Å²) in [5, 5.41) is 10.3. The standard InChI is InChI=1S/C18H28O3/c1-5-8-11-21-18(20)16-12-13(4)17(19)15(10-7-3)14(16)9-6-2/h12,19H,5-11H2,1-4H3. The Balaban J connectivity index is 3.19. The summed E-state index contributed by atoms with van der Waals surface area (Å²) in [4.78, 5) is 12.3. The van der Waals surface area contributed by atoms with Gasteiger partial charge in [0.1, 0.15) is 5.75 Å². The molecule has 0 aliphatic heterocycles. The molecule has 21 heavy (non-hydrogen) atoms. The zero-order valence-electron chi connectivity index (χ0n) is 13.8. The third-order valence-electron chi connectivity index (χ3n) is 3.66. The SMILES string of the molecule is CCCCOC(=O)c1cc(C)c(O)c(CCC)c1CCC. The zero-order valence-corrected chi connectivity index (χ0v) is 13.8. The van der Waals surface area contributed by atoms with E-state index in [9.17, 15) is 9.90 Å².